The minimum absolute atomic E-state index is 0.0255. The molecule has 2 heterocycles. The van der Waals surface area contributed by atoms with Crippen LogP contribution in [0.15, 0.2) is 30.3 Å². The summed E-state index contributed by atoms with van der Waals surface area (Å²) in [5.41, 5.74) is 7.06. The molecule has 4 atom stereocenters. The molecule has 2 aliphatic rings. The summed E-state index contributed by atoms with van der Waals surface area (Å²) < 4.78 is 5.73. The van der Waals surface area contributed by atoms with Crippen molar-refractivity contribution in [2.45, 2.75) is 50.0 Å². The number of carbonyl (C=O) groups is 1. The number of hydrogen-bond acceptors (Lipinski definition) is 3. The van der Waals surface area contributed by atoms with Gasteiger partial charge in [0.25, 0.3) is 0 Å². The van der Waals surface area contributed by atoms with Gasteiger partial charge in [0.1, 0.15) is 0 Å². The van der Waals surface area contributed by atoms with E-state index >= 15 is 0 Å². The molecule has 3 rings (SSSR count). The molecule has 2 fully saturated rings. The molecule has 3 N–H and O–H groups in total. The van der Waals surface area contributed by atoms with Gasteiger partial charge in [-0.15, -0.1) is 0 Å². The van der Waals surface area contributed by atoms with Crippen LogP contribution >= 0.6 is 0 Å². The highest BCUT2D eigenvalue weighted by Crippen LogP contribution is 2.34. The summed E-state index contributed by atoms with van der Waals surface area (Å²) in [4.78, 5) is 12.0. The third-order valence-electron chi connectivity index (χ3n) is 4.09. The predicted octanol–water partition coefficient (Wildman–Crippen LogP) is 1.51. The van der Waals surface area contributed by atoms with Crippen molar-refractivity contribution in [1.82, 2.24) is 5.32 Å². The van der Waals surface area contributed by atoms with Gasteiger partial charge in [-0.1, -0.05) is 30.3 Å². The van der Waals surface area contributed by atoms with Crippen LogP contribution in [0.5, 0.6) is 0 Å². The van der Waals surface area contributed by atoms with Crippen LogP contribution in [0.1, 0.15) is 37.3 Å². The number of rotatable bonds is 4. The van der Waals surface area contributed by atoms with Gasteiger partial charge in [0.05, 0.1) is 18.2 Å². The zero-order valence-corrected chi connectivity index (χ0v) is 10.9. The topological polar surface area (TPSA) is 64.4 Å². The van der Waals surface area contributed by atoms with Crippen LogP contribution in [0.4, 0.5) is 0 Å². The fourth-order valence-electron chi connectivity index (χ4n) is 3.07. The summed E-state index contributed by atoms with van der Waals surface area (Å²) in [6, 6.07) is 9.70. The number of amides is 1. The number of carbonyl (C=O) groups excluding carboxylic acids is 1. The van der Waals surface area contributed by atoms with Gasteiger partial charge in [-0.25, -0.2) is 0 Å². The van der Waals surface area contributed by atoms with E-state index in [4.69, 9.17) is 10.5 Å². The van der Waals surface area contributed by atoms with Crippen molar-refractivity contribution in [2.24, 2.45) is 5.73 Å². The number of benzene rings is 1. The van der Waals surface area contributed by atoms with Crippen LogP contribution in [0, 0.1) is 0 Å². The first-order valence-electron chi connectivity index (χ1n) is 6.98. The average Bonchev–Trinajstić information content (AvgIpc) is 3.02. The molecular formula is C15H20N2O2. The van der Waals surface area contributed by atoms with Crippen LogP contribution in [-0.4, -0.2) is 24.2 Å². The molecule has 4 nitrogen and oxygen atoms in total. The van der Waals surface area contributed by atoms with Gasteiger partial charge in [-0.2, -0.15) is 0 Å². The second kappa shape index (κ2) is 5.31. The summed E-state index contributed by atoms with van der Waals surface area (Å²) in [5, 5.41) is 3.07. The van der Waals surface area contributed by atoms with Crippen LogP contribution in [-0.2, 0) is 9.53 Å². The maximum atomic E-state index is 12.0. The lowest BCUT2D eigenvalue weighted by Crippen LogP contribution is -2.42. The maximum Gasteiger partial charge on any atom is 0.222 e. The lowest BCUT2D eigenvalue weighted by atomic mass is 9.95. The molecule has 0 saturated carbocycles. The number of fused-ring (bicyclic) bond motifs is 2. The summed E-state index contributed by atoms with van der Waals surface area (Å²) in [7, 11) is 0. The number of hydrogen-bond donors (Lipinski definition) is 2. The standard InChI is InChI=1S/C15H20N2O2/c16-12(10-4-2-1-3-5-10)9-15(18)17-13-8-11-6-7-14(13)19-11/h1-5,11-14H,6-9,16H2,(H,17,18)/t11-,12-,13-,14-/m1/s1. The van der Waals surface area contributed by atoms with Crippen LogP contribution in [0.2, 0.25) is 0 Å². The quantitative estimate of drug-likeness (QED) is 0.862. The van der Waals surface area contributed by atoms with Crippen molar-refractivity contribution in [1.29, 1.82) is 0 Å². The SMILES string of the molecule is N[C@H](CC(=O)N[C@@H]1C[C@H]2CC[C@H]1O2)c1ccccc1. The van der Waals surface area contributed by atoms with E-state index in [1.165, 1.54) is 0 Å². The van der Waals surface area contributed by atoms with E-state index in [0.29, 0.717) is 12.5 Å². The average molecular weight is 260 g/mol. The smallest absolute Gasteiger partial charge is 0.222 e. The Kier molecular flexibility index (Phi) is 3.53. The Hall–Kier alpha value is -1.39. The monoisotopic (exact) mass is 260 g/mol. The van der Waals surface area contributed by atoms with Crippen molar-refractivity contribution in [2.75, 3.05) is 0 Å². The Morgan fingerprint density at radius 1 is 1.37 bits per heavy atom. The highest BCUT2D eigenvalue weighted by atomic mass is 16.5. The molecule has 0 aliphatic carbocycles. The zero-order chi connectivity index (χ0) is 13.2. The van der Waals surface area contributed by atoms with Crippen molar-refractivity contribution in [3.8, 4) is 0 Å². The van der Waals surface area contributed by atoms with E-state index in [-0.39, 0.29) is 24.1 Å². The molecule has 0 spiro atoms. The Morgan fingerprint density at radius 2 is 2.16 bits per heavy atom. The molecule has 0 radical (unpaired) electrons. The Labute approximate surface area is 113 Å². The minimum Gasteiger partial charge on any atom is -0.373 e. The van der Waals surface area contributed by atoms with E-state index in [0.717, 1.165) is 24.8 Å². The lowest BCUT2D eigenvalue weighted by Gasteiger charge is -2.21. The van der Waals surface area contributed by atoms with Crippen LogP contribution in [0.25, 0.3) is 0 Å². The van der Waals surface area contributed by atoms with E-state index in [9.17, 15) is 4.79 Å². The van der Waals surface area contributed by atoms with E-state index in [1.54, 1.807) is 0 Å². The fourth-order valence-corrected chi connectivity index (χ4v) is 3.07. The van der Waals surface area contributed by atoms with Crippen LogP contribution < -0.4 is 11.1 Å². The second-order valence-corrected chi connectivity index (χ2v) is 5.50. The molecule has 1 aromatic carbocycles. The number of ether oxygens (including phenoxy) is 1. The van der Waals surface area contributed by atoms with Gasteiger partial charge in [-0.05, 0) is 24.8 Å². The molecular weight excluding hydrogens is 240 g/mol. The highest BCUT2D eigenvalue weighted by Gasteiger charge is 2.41. The Morgan fingerprint density at radius 3 is 2.79 bits per heavy atom. The summed E-state index contributed by atoms with van der Waals surface area (Å²) in [6.07, 6.45) is 4.08. The molecule has 19 heavy (non-hydrogen) atoms. The summed E-state index contributed by atoms with van der Waals surface area (Å²) in [5.74, 6) is 0.0255. The van der Waals surface area contributed by atoms with E-state index < -0.39 is 0 Å². The van der Waals surface area contributed by atoms with Gasteiger partial charge in [0.15, 0.2) is 0 Å². The molecule has 102 valence electrons. The third-order valence-corrected chi connectivity index (χ3v) is 4.09. The van der Waals surface area contributed by atoms with Crippen molar-refractivity contribution < 1.29 is 9.53 Å². The van der Waals surface area contributed by atoms with Crippen molar-refractivity contribution in [3.05, 3.63) is 35.9 Å². The van der Waals surface area contributed by atoms with Crippen molar-refractivity contribution in [3.63, 3.8) is 0 Å². The highest BCUT2D eigenvalue weighted by molar-refractivity contribution is 5.77. The van der Waals surface area contributed by atoms with Gasteiger partial charge < -0.3 is 15.8 Å². The molecule has 2 saturated heterocycles. The lowest BCUT2D eigenvalue weighted by molar-refractivity contribution is -0.122. The first kappa shape index (κ1) is 12.6. The molecule has 1 amide bonds. The summed E-state index contributed by atoms with van der Waals surface area (Å²) >= 11 is 0. The molecule has 4 heteroatoms. The molecule has 1 aromatic rings. The summed E-state index contributed by atoms with van der Waals surface area (Å²) in [6.45, 7) is 0. The van der Waals surface area contributed by atoms with Gasteiger partial charge in [0, 0.05) is 12.5 Å². The van der Waals surface area contributed by atoms with Crippen molar-refractivity contribution >= 4 is 5.91 Å². The largest absolute Gasteiger partial charge is 0.373 e. The molecule has 0 aromatic heterocycles. The first-order valence-corrected chi connectivity index (χ1v) is 6.98. The Bertz CT molecular complexity index is 449. The van der Waals surface area contributed by atoms with Gasteiger partial charge in [-0.3, -0.25) is 4.79 Å². The molecule has 0 unspecified atom stereocenters. The van der Waals surface area contributed by atoms with Gasteiger partial charge in [0.2, 0.25) is 5.91 Å². The number of nitrogens with two attached hydrogens (primary N) is 1. The normalized spacial score (nSPS) is 30.3. The van der Waals surface area contributed by atoms with E-state index in [2.05, 4.69) is 5.32 Å². The van der Waals surface area contributed by atoms with Gasteiger partial charge >= 0.3 is 0 Å². The third kappa shape index (κ3) is 2.80. The maximum absolute atomic E-state index is 12.0. The molecule has 2 bridgehead atoms. The zero-order valence-electron chi connectivity index (χ0n) is 10.9. The minimum atomic E-state index is -0.235. The predicted molar refractivity (Wildman–Crippen MR) is 72.4 cm³/mol. The molecule has 2 aliphatic heterocycles. The van der Waals surface area contributed by atoms with Crippen LogP contribution in [0.3, 0.4) is 0 Å². The second-order valence-electron chi connectivity index (χ2n) is 5.50. The first-order chi connectivity index (χ1) is 9.22. The number of nitrogens with one attached hydrogen (secondary N) is 1. The Balaban J connectivity index is 1.51. The fraction of sp³-hybridized carbons (Fsp3) is 0.533. The van der Waals surface area contributed by atoms with E-state index in [1.807, 2.05) is 30.3 Å².